The Morgan fingerprint density at radius 1 is 1.07 bits per heavy atom. The number of aryl methyl sites for hydroxylation is 1. The average molecular weight is 201 g/mol. The Balaban J connectivity index is 2.34. The lowest BCUT2D eigenvalue weighted by molar-refractivity contribution is 0.221. The fourth-order valence-electron chi connectivity index (χ4n) is 1.63. The summed E-state index contributed by atoms with van der Waals surface area (Å²) >= 11 is 0. The lowest BCUT2D eigenvalue weighted by atomic mass is 10.1. The highest BCUT2D eigenvalue weighted by atomic mass is 16.5. The van der Waals surface area contributed by atoms with Crippen LogP contribution in [-0.2, 0) is 4.74 Å². The van der Waals surface area contributed by atoms with Gasteiger partial charge in [0.05, 0.1) is 0 Å². The summed E-state index contributed by atoms with van der Waals surface area (Å²) in [6.07, 6.45) is 0. The van der Waals surface area contributed by atoms with Crippen LogP contribution in [0.1, 0.15) is 5.56 Å². The first-order valence-electron chi connectivity index (χ1n) is 5.03. The molecule has 1 N–H and O–H groups in total. The van der Waals surface area contributed by atoms with Crippen molar-refractivity contribution in [1.82, 2.24) is 0 Å². The van der Waals surface area contributed by atoms with Crippen LogP contribution >= 0.6 is 0 Å². The van der Waals surface area contributed by atoms with Crippen molar-refractivity contribution in [2.75, 3.05) is 19.2 Å². The molecule has 2 rings (SSSR count). The minimum atomic E-state index is 0.539. The number of rotatable bonds is 3. The van der Waals surface area contributed by atoms with Gasteiger partial charge in [0.25, 0.3) is 0 Å². The fraction of sp³-hybridized carbons (Fsp3) is 0.231. The van der Waals surface area contributed by atoms with E-state index in [9.17, 15) is 0 Å². The molecule has 2 aromatic carbocycles. The predicted molar refractivity (Wildman–Crippen MR) is 64.2 cm³/mol. The van der Waals surface area contributed by atoms with E-state index in [1.807, 2.05) is 0 Å². The molecule has 78 valence electrons. The van der Waals surface area contributed by atoms with Gasteiger partial charge in [-0.3, -0.25) is 0 Å². The van der Waals surface area contributed by atoms with Crippen molar-refractivity contribution in [2.24, 2.45) is 0 Å². The molecule has 0 bridgehead atoms. The second-order valence-corrected chi connectivity index (χ2v) is 3.68. The van der Waals surface area contributed by atoms with Gasteiger partial charge >= 0.3 is 0 Å². The molecule has 0 spiro atoms. The van der Waals surface area contributed by atoms with E-state index in [-0.39, 0.29) is 0 Å². The van der Waals surface area contributed by atoms with Crippen LogP contribution in [0.25, 0.3) is 10.8 Å². The van der Waals surface area contributed by atoms with Crippen LogP contribution in [0.5, 0.6) is 0 Å². The number of methoxy groups -OCH3 is 1. The zero-order valence-electron chi connectivity index (χ0n) is 9.08. The van der Waals surface area contributed by atoms with Gasteiger partial charge in [-0.05, 0) is 29.8 Å². The van der Waals surface area contributed by atoms with Crippen LogP contribution in [0.2, 0.25) is 0 Å². The Hall–Kier alpha value is -1.54. The number of anilines is 1. The van der Waals surface area contributed by atoms with Gasteiger partial charge in [-0.1, -0.05) is 29.8 Å². The largest absolute Gasteiger partial charge is 0.365 e. The fourth-order valence-corrected chi connectivity index (χ4v) is 1.63. The quantitative estimate of drug-likeness (QED) is 0.770. The van der Waals surface area contributed by atoms with E-state index in [1.54, 1.807) is 7.11 Å². The third-order valence-electron chi connectivity index (χ3n) is 2.42. The summed E-state index contributed by atoms with van der Waals surface area (Å²) in [6, 6.07) is 12.8. The second kappa shape index (κ2) is 4.32. The van der Waals surface area contributed by atoms with E-state index < -0.39 is 0 Å². The van der Waals surface area contributed by atoms with Crippen molar-refractivity contribution in [2.45, 2.75) is 6.92 Å². The van der Waals surface area contributed by atoms with E-state index in [2.05, 4.69) is 48.6 Å². The molecule has 0 heterocycles. The van der Waals surface area contributed by atoms with Gasteiger partial charge in [0.1, 0.15) is 6.73 Å². The Morgan fingerprint density at radius 2 is 1.80 bits per heavy atom. The minimum absolute atomic E-state index is 0.539. The first-order valence-corrected chi connectivity index (χ1v) is 5.03. The van der Waals surface area contributed by atoms with Gasteiger partial charge in [-0.15, -0.1) is 0 Å². The van der Waals surface area contributed by atoms with Crippen molar-refractivity contribution in [3.63, 3.8) is 0 Å². The number of hydrogen-bond donors (Lipinski definition) is 1. The van der Waals surface area contributed by atoms with E-state index in [1.165, 1.54) is 16.3 Å². The molecule has 0 saturated carbocycles. The molecule has 2 aromatic rings. The zero-order valence-corrected chi connectivity index (χ0v) is 9.08. The molecule has 0 aliphatic rings. The first-order chi connectivity index (χ1) is 7.29. The summed E-state index contributed by atoms with van der Waals surface area (Å²) in [4.78, 5) is 0. The monoisotopic (exact) mass is 201 g/mol. The van der Waals surface area contributed by atoms with Crippen molar-refractivity contribution < 1.29 is 4.74 Å². The highest BCUT2D eigenvalue weighted by Gasteiger charge is 1.96. The lowest BCUT2D eigenvalue weighted by Gasteiger charge is -2.06. The summed E-state index contributed by atoms with van der Waals surface area (Å²) in [6.45, 7) is 2.65. The lowest BCUT2D eigenvalue weighted by Crippen LogP contribution is -2.02. The number of nitrogens with one attached hydrogen (secondary N) is 1. The Kier molecular flexibility index (Phi) is 2.88. The molecule has 2 nitrogen and oxygen atoms in total. The molecule has 0 fully saturated rings. The summed E-state index contributed by atoms with van der Waals surface area (Å²) in [5.41, 5.74) is 2.38. The molecule has 0 aromatic heterocycles. The van der Waals surface area contributed by atoms with E-state index in [4.69, 9.17) is 4.74 Å². The molecule has 0 aliphatic carbocycles. The molecule has 0 unspecified atom stereocenters. The molecule has 15 heavy (non-hydrogen) atoms. The third-order valence-corrected chi connectivity index (χ3v) is 2.42. The minimum Gasteiger partial charge on any atom is -0.365 e. The van der Waals surface area contributed by atoms with Crippen LogP contribution in [0.15, 0.2) is 36.4 Å². The van der Waals surface area contributed by atoms with Crippen molar-refractivity contribution in [3.05, 3.63) is 42.0 Å². The van der Waals surface area contributed by atoms with Crippen LogP contribution in [0, 0.1) is 6.92 Å². The summed E-state index contributed by atoms with van der Waals surface area (Å²) in [5.74, 6) is 0. The highest BCUT2D eigenvalue weighted by Crippen LogP contribution is 2.20. The van der Waals surface area contributed by atoms with Crippen LogP contribution in [-0.4, -0.2) is 13.8 Å². The SMILES string of the molecule is COCNc1ccc2cc(C)ccc2c1. The molecule has 0 atom stereocenters. The van der Waals surface area contributed by atoms with Crippen LogP contribution in [0.3, 0.4) is 0 Å². The van der Waals surface area contributed by atoms with Gasteiger partial charge in [0.2, 0.25) is 0 Å². The first kappa shape index (κ1) is 9.99. The second-order valence-electron chi connectivity index (χ2n) is 3.68. The number of hydrogen-bond acceptors (Lipinski definition) is 2. The molecule has 0 radical (unpaired) electrons. The van der Waals surface area contributed by atoms with Crippen LogP contribution in [0.4, 0.5) is 5.69 Å². The van der Waals surface area contributed by atoms with Crippen molar-refractivity contribution >= 4 is 16.5 Å². The Labute approximate surface area is 89.9 Å². The zero-order chi connectivity index (χ0) is 10.7. The molecule has 0 saturated heterocycles. The number of benzene rings is 2. The standard InChI is InChI=1S/C13H15NO/c1-10-3-4-12-8-13(14-9-15-2)6-5-11(12)7-10/h3-8,14H,9H2,1-2H3. The van der Waals surface area contributed by atoms with Crippen molar-refractivity contribution in [3.8, 4) is 0 Å². The maximum absolute atomic E-state index is 4.97. The van der Waals surface area contributed by atoms with Gasteiger partial charge in [-0.2, -0.15) is 0 Å². The Bertz CT molecular complexity index is 465. The number of fused-ring (bicyclic) bond motifs is 1. The third kappa shape index (κ3) is 2.28. The Morgan fingerprint density at radius 3 is 2.60 bits per heavy atom. The maximum Gasteiger partial charge on any atom is 0.116 e. The van der Waals surface area contributed by atoms with Crippen molar-refractivity contribution in [1.29, 1.82) is 0 Å². The van der Waals surface area contributed by atoms with Crippen LogP contribution < -0.4 is 5.32 Å². The summed E-state index contributed by atoms with van der Waals surface area (Å²) < 4.78 is 4.97. The molecular weight excluding hydrogens is 186 g/mol. The highest BCUT2D eigenvalue weighted by molar-refractivity contribution is 5.86. The van der Waals surface area contributed by atoms with Gasteiger partial charge in [0, 0.05) is 12.8 Å². The summed E-state index contributed by atoms with van der Waals surface area (Å²) in [7, 11) is 1.68. The van der Waals surface area contributed by atoms with Gasteiger partial charge in [-0.25, -0.2) is 0 Å². The molecular formula is C13H15NO. The average Bonchev–Trinajstić information content (AvgIpc) is 2.26. The summed E-state index contributed by atoms with van der Waals surface area (Å²) in [5, 5.41) is 5.71. The van der Waals surface area contributed by atoms with E-state index in [0.29, 0.717) is 6.73 Å². The molecule has 0 aliphatic heterocycles. The topological polar surface area (TPSA) is 21.3 Å². The molecule has 0 amide bonds. The van der Waals surface area contributed by atoms with E-state index in [0.717, 1.165) is 5.69 Å². The predicted octanol–water partition coefficient (Wildman–Crippen LogP) is 3.16. The van der Waals surface area contributed by atoms with E-state index >= 15 is 0 Å². The molecule has 2 heteroatoms. The smallest absolute Gasteiger partial charge is 0.116 e. The maximum atomic E-state index is 4.97. The number of ether oxygens (including phenoxy) is 1. The van der Waals surface area contributed by atoms with Gasteiger partial charge in [0.15, 0.2) is 0 Å². The normalized spacial score (nSPS) is 10.5. The van der Waals surface area contributed by atoms with Gasteiger partial charge < -0.3 is 10.1 Å².